The standard InChI is InChI=1S/C14H19N3OS/c1-2-7-17-12(9-15-16-17)14(18)11-4-3-5-13-10(11)6-8-19-13/h6,8-9,11,14,18H,2-5,7H2,1H3. The van der Waals surface area contributed by atoms with Gasteiger partial charge in [0.2, 0.25) is 0 Å². The zero-order chi connectivity index (χ0) is 13.2. The summed E-state index contributed by atoms with van der Waals surface area (Å²) in [5.74, 6) is 0.198. The van der Waals surface area contributed by atoms with E-state index in [1.54, 1.807) is 6.20 Å². The highest BCUT2D eigenvalue weighted by Gasteiger charge is 2.30. The minimum Gasteiger partial charge on any atom is -0.386 e. The number of aromatic nitrogens is 3. The lowest BCUT2D eigenvalue weighted by Gasteiger charge is -2.27. The van der Waals surface area contributed by atoms with Crippen molar-refractivity contribution in [2.75, 3.05) is 0 Å². The summed E-state index contributed by atoms with van der Waals surface area (Å²) in [4.78, 5) is 1.44. The largest absolute Gasteiger partial charge is 0.386 e. The Balaban J connectivity index is 1.89. The van der Waals surface area contributed by atoms with Crippen LogP contribution in [0, 0.1) is 0 Å². The Morgan fingerprint density at radius 2 is 2.47 bits per heavy atom. The Morgan fingerprint density at radius 3 is 3.32 bits per heavy atom. The average molecular weight is 277 g/mol. The Morgan fingerprint density at radius 1 is 1.58 bits per heavy atom. The van der Waals surface area contributed by atoms with Crippen LogP contribution in [0.5, 0.6) is 0 Å². The van der Waals surface area contributed by atoms with Gasteiger partial charge in [-0.25, -0.2) is 4.68 Å². The Labute approximate surface area is 117 Å². The third kappa shape index (κ3) is 2.32. The predicted octanol–water partition coefficient (Wildman–Crippen LogP) is 2.90. The molecule has 0 spiro atoms. The first-order valence-corrected chi connectivity index (χ1v) is 7.82. The van der Waals surface area contributed by atoms with E-state index in [9.17, 15) is 5.11 Å². The van der Waals surface area contributed by atoms with Crippen molar-refractivity contribution in [3.8, 4) is 0 Å². The molecule has 1 aliphatic carbocycles. The number of aryl methyl sites for hydroxylation is 2. The van der Waals surface area contributed by atoms with E-state index in [0.717, 1.165) is 37.9 Å². The van der Waals surface area contributed by atoms with E-state index in [0.29, 0.717) is 0 Å². The molecule has 0 amide bonds. The highest BCUT2D eigenvalue weighted by Crippen LogP contribution is 2.42. The summed E-state index contributed by atoms with van der Waals surface area (Å²) in [6.07, 6.45) is 5.57. The second-order valence-corrected chi connectivity index (χ2v) is 6.13. The first-order chi connectivity index (χ1) is 9.31. The maximum Gasteiger partial charge on any atom is 0.104 e. The summed E-state index contributed by atoms with van der Waals surface area (Å²) in [5, 5.41) is 20.9. The van der Waals surface area contributed by atoms with Gasteiger partial charge >= 0.3 is 0 Å². The van der Waals surface area contributed by atoms with Crippen molar-refractivity contribution in [2.24, 2.45) is 0 Å². The summed E-state index contributed by atoms with van der Waals surface area (Å²) in [6.45, 7) is 2.92. The topological polar surface area (TPSA) is 50.9 Å². The highest BCUT2D eigenvalue weighted by atomic mass is 32.1. The smallest absolute Gasteiger partial charge is 0.104 e. The van der Waals surface area contributed by atoms with Crippen LogP contribution in [-0.4, -0.2) is 20.1 Å². The first kappa shape index (κ1) is 12.8. The van der Waals surface area contributed by atoms with Crippen molar-refractivity contribution in [2.45, 2.75) is 51.2 Å². The van der Waals surface area contributed by atoms with Gasteiger partial charge in [-0.2, -0.15) is 0 Å². The lowest BCUT2D eigenvalue weighted by atomic mass is 9.83. The van der Waals surface area contributed by atoms with Gasteiger partial charge < -0.3 is 5.11 Å². The van der Waals surface area contributed by atoms with Crippen LogP contribution >= 0.6 is 11.3 Å². The summed E-state index contributed by atoms with van der Waals surface area (Å²) < 4.78 is 1.84. The Kier molecular flexibility index (Phi) is 3.66. The van der Waals surface area contributed by atoms with Gasteiger partial charge in [0.25, 0.3) is 0 Å². The number of thiophene rings is 1. The molecule has 102 valence electrons. The number of fused-ring (bicyclic) bond motifs is 1. The van der Waals surface area contributed by atoms with E-state index in [2.05, 4.69) is 28.7 Å². The van der Waals surface area contributed by atoms with Gasteiger partial charge in [0.1, 0.15) is 6.10 Å². The number of hydrogen-bond acceptors (Lipinski definition) is 4. The number of nitrogens with zero attached hydrogens (tertiary/aromatic N) is 3. The zero-order valence-electron chi connectivity index (χ0n) is 11.1. The first-order valence-electron chi connectivity index (χ1n) is 6.94. The molecule has 0 aromatic carbocycles. The SMILES string of the molecule is CCCn1nncc1C(O)C1CCCc2sccc21. The molecule has 2 unspecified atom stereocenters. The molecule has 2 atom stereocenters. The second kappa shape index (κ2) is 5.43. The molecular weight excluding hydrogens is 258 g/mol. The summed E-state index contributed by atoms with van der Waals surface area (Å²) in [5.41, 5.74) is 2.18. The molecule has 1 N–H and O–H groups in total. The average Bonchev–Trinajstić information content (AvgIpc) is 3.06. The minimum absolute atomic E-state index is 0.198. The van der Waals surface area contributed by atoms with Gasteiger partial charge in [0.15, 0.2) is 0 Å². The van der Waals surface area contributed by atoms with Crippen LogP contribution < -0.4 is 0 Å². The molecule has 2 heterocycles. The summed E-state index contributed by atoms with van der Waals surface area (Å²) in [7, 11) is 0. The van der Waals surface area contributed by atoms with Gasteiger partial charge in [-0.15, -0.1) is 16.4 Å². The molecule has 4 nitrogen and oxygen atoms in total. The number of aliphatic hydroxyl groups is 1. The molecule has 5 heteroatoms. The molecule has 0 bridgehead atoms. The molecular formula is C14H19N3OS. The molecule has 19 heavy (non-hydrogen) atoms. The molecule has 3 rings (SSSR count). The molecule has 2 aromatic heterocycles. The van der Waals surface area contributed by atoms with Crippen LogP contribution in [0.25, 0.3) is 0 Å². The molecule has 0 radical (unpaired) electrons. The Hall–Kier alpha value is -1.20. The van der Waals surface area contributed by atoms with E-state index >= 15 is 0 Å². The lowest BCUT2D eigenvalue weighted by Crippen LogP contribution is -2.19. The quantitative estimate of drug-likeness (QED) is 0.935. The van der Waals surface area contributed by atoms with Gasteiger partial charge in [-0.1, -0.05) is 12.1 Å². The third-order valence-electron chi connectivity index (χ3n) is 3.87. The van der Waals surface area contributed by atoms with E-state index < -0.39 is 6.10 Å². The molecule has 1 aliphatic rings. The number of rotatable bonds is 4. The van der Waals surface area contributed by atoms with Crippen LogP contribution in [0.3, 0.4) is 0 Å². The summed E-state index contributed by atoms with van der Waals surface area (Å²) >= 11 is 1.81. The van der Waals surface area contributed by atoms with E-state index in [-0.39, 0.29) is 5.92 Å². The fraction of sp³-hybridized carbons (Fsp3) is 0.571. The van der Waals surface area contributed by atoms with Crippen molar-refractivity contribution >= 4 is 11.3 Å². The third-order valence-corrected chi connectivity index (χ3v) is 4.86. The van der Waals surface area contributed by atoms with E-state index in [1.807, 2.05) is 16.0 Å². The van der Waals surface area contributed by atoms with Gasteiger partial charge in [-0.3, -0.25) is 0 Å². The van der Waals surface area contributed by atoms with Crippen molar-refractivity contribution in [3.63, 3.8) is 0 Å². The maximum absolute atomic E-state index is 10.7. The fourth-order valence-corrected chi connectivity index (χ4v) is 3.93. The van der Waals surface area contributed by atoms with Gasteiger partial charge in [-0.05, 0) is 42.7 Å². The summed E-state index contributed by atoms with van der Waals surface area (Å²) in [6, 6.07) is 2.17. The van der Waals surface area contributed by atoms with Crippen molar-refractivity contribution in [1.29, 1.82) is 0 Å². The normalized spacial score (nSPS) is 20.2. The van der Waals surface area contributed by atoms with Crippen molar-refractivity contribution < 1.29 is 5.11 Å². The van der Waals surface area contributed by atoms with Crippen molar-refractivity contribution in [1.82, 2.24) is 15.0 Å². The van der Waals surface area contributed by atoms with Crippen LogP contribution in [0.2, 0.25) is 0 Å². The number of aliphatic hydroxyl groups excluding tert-OH is 1. The second-order valence-electron chi connectivity index (χ2n) is 5.12. The molecule has 0 aliphatic heterocycles. The van der Waals surface area contributed by atoms with Crippen LogP contribution in [0.15, 0.2) is 17.6 Å². The molecule has 2 aromatic rings. The maximum atomic E-state index is 10.7. The van der Waals surface area contributed by atoms with Crippen molar-refractivity contribution in [3.05, 3.63) is 33.8 Å². The molecule has 0 saturated carbocycles. The number of hydrogen-bond donors (Lipinski definition) is 1. The minimum atomic E-state index is -0.491. The van der Waals surface area contributed by atoms with Gasteiger partial charge in [0.05, 0.1) is 11.9 Å². The van der Waals surface area contributed by atoms with Crippen LogP contribution in [0.4, 0.5) is 0 Å². The molecule has 0 saturated heterocycles. The lowest BCUT2D eigenvalue weighted by molar-refractivity contribution is 0.126. The van der Waals surface area contributed by atoms with E-state index in [4.69, 9.17) is 0 Å². The van der Waals surface area contributed by atoms with Gasteiger partial charge in [0, 0.05) is 17.3 Å². The fourth-order valence-electron chi connectivity index (χ4n) is 2.94. The molecule has 0 fully saturated rings. The van der Waals surface area contributed by atoms with Crippen LogP contribution in [-0.2, 0) is 13.0 Å². The highest BCUT2D eigenvalue weighted by molar-refractivity contribution is 7.10. The zero-order valence-corrected chi connectivity index (χ0v) is 11.9. The van der Waals surface area contributed by atoms with Crippen LogP contribution in [0.1, 0.15) is 54.3 Å². The Bertz CT molecular complexity index is 548. The monoisotopic (exact) mass is 277 g/mol. The predicted molar refractivity (Wildman–Crippen MR) is 75.3 cm³/mol. The van der Waals surface area contributed by atoms with E-state index in [1.165, 1.54) is 10.4 Å².